The molecule has 0 saturated heterocycles. The second-order valence-electron chi connectivity index (χ2n) is 3.90. The fraction of sp³-hybridized carbons (Fsp3) is 0.889. The van der Waals surface area contributed by atoms with Crippen LogP contribution in [0, 0.1) is 5.92 Å². The monoisotopic (exact) mass is 252 g/mol. The first-order valence-electron chi connectivity index (χ1n) is 5.08. The maximum absolute atomic E-state index is 11.4. The predicted molar refractivity (Wildman–Crippen MR) is 61.2 cm³/mol. The SMILES string of the molecule is COC(=O)CCS(=O)(=O)NCC(N)C(C)C. The van der Waals surface area contributed by atoms with E-state index in [1.807, 2.05) is 13.8 Å². The van der Waals surface area contributed by atoms with Crippen molar-refractivity contribution in [2.45, 2.75) is 26.3 Å². The van der Waals surface area contributed by atoms with Gasteiger partial charge in [-0.3, -0.25) is 4.79 Å². The molecule has 0 fully saturated rings. The van der Waals surface area contributed by atoms with Crippen molar-refractivity contribution in [1.29, 1.82) is 0 Å². The van der Waals surface area contributed by atoms with Gasteiger partial charge in [0.2, 0.25) is 10.0 Å². The first-order chi connectivity index (χ1) is 7.28. The van der Waals surface area contributed by atoms with Crippen molar-refractivity contribution in [3.63, 3.8) is 0 Å². The topological polar surface area (TPSA) is 98.5 Å². The average molecular weight is 252 g/mol. The lowest BCUT2D eigenvalue weighted by atomic mass is 10.1. The maximum atomic E-state index is 11.4. The second-order valence-corrected chi connectivity index (χ2v) is 5.83. The molecule has 0 bridgehead atoms. The predicted octanol–water partition coefficient (Wildman–Crippen LogP) is -0.548. The molecule has 0 aromatic heterocycles. The number of hydrogen-bond acceptors (Lipinski definition) is 5. The van der Waals surface area contributed by atoms with E-state index in [0.717, 1.165) is 0 Å². The highest BCUT2D eigenvalue weighted by molar-refractivity contribution is 7.89. The molecule has 1 atom stereocenters. The molecule has 3 N–H and O–H groups in total. The normalized spacial score (nSPS) is 13.8. The number of methoxy groups -OCH3 is 1. The molecule has 96 valence electrons. The Kier molecular flexibility index (Phi) is 6.54. The van der Waals surface area contributed by atoms with Gasteiger partial charge < -0.3 is 10.5 Å². The van der Waals surface area contributed by atoms with E-state index in [9.17, 15) is 13.2 Å². The lowest BCUT2D eigenvalue weighted by Gasteiger charge is -2.16. The lowest BCUT2D eigenvalue weighted by Crippen LogP contribution is -2.41. The highest BCUT2D eigenvalue weighted by atomic mass is 32.2. The maximum Gasteiger partial charge on any atom is 0.306 e. The zero-order valence-electron chi connectivity index (χ0n) is 9.89. The number of carbonyl (C=O) groups excluding carboxylic acids is 1. The number of carbonyl (C=O) groups is 1. The molecule has 0 aliphatic rings. The largest absolute Gasteiger partial charge is 0.469 e. The lowest BCUT2D eigenvalue weighted by molar-refractivity contribution is -0.140. The van der Waals surface area contributed by atoms with Crippen molar-refractivity contribution in [1.82, 2.24) is 4.72 Å². The van der Waals surface area contributed by atoms with Gasteiger partial charge in [-0.1, -0.05) is 13.8 Å². The molecule has 6 nitrogen and oxygen atoms in total. The Morgan fingerprint density at radius 3 is 2.44 bits per heavy atom. The molecule has 0 aliphatic heterocycles. The van der Waals surface area contributed by atoms with E-state index in [0.29, 0.717) is 0 Å². The Bertz CT molecular complexity index is 313. The zero-order valence-corrected chi connectivity index (χ0v) is 10.7. The van der Waals surface area contributed by atoms with E-state index in [1.165, 1.54) is 7.11 Å². The third kappa shape index (κ3) is 6.76. The Balaban J connectivity index is 4.02. The van der Waals surface area contributed by atoms with Crippen LogP contribution >= 0.6 is 0 Å². The van der Waals surface area contributed by atoms with Crippen LogP contribution in [0.1, 0.15) is 20.3 Å². The van der Waals surface area contributed by atoms with E-state index in [2.05, 4.69) is 9.46 Å². The van der Waals surface area contributed by atoms with Crippen LogP contribution in [0.5, 0.6) is 0 Å². The van der Waals surface area contributed by atoms with Crippen LogP contribution in [0.15, 0.2) is 0 Å². The van der Waals surface area contributed by atoms with Crippen molar-refractivity contribution in [2.24, 2.45) is 11.7 Å². The first kappa shape index (κ1) is 15.3. The van der Waals surface area contributed by atoms with Crippen molar-refractivity contribution < 1.29 is 17.9 Å². The minimum atomic E-state index is -3.45. The summed E-state index contributed by atoms with van der Waals surface area (Å²) in [6.07, 6.45) is -0.150. The molecular formula is C9H20N2O4S. The highest BCUT2D eigenvalue weighted by Crippen LogP contribution is 1.98. The van der Waals surface area contributed by atoms with Gasteiger partial charge in [-0.25, -0.2) is 13.1 Å². The van der Waals surface area contributed by atoms with Gasteiger partial charge in [-0.2, -0.15) is 0 Å². The Labute approximate surface area is 96.6 Å². The van der Waals surface area contributed by atoms with Gasteiger partial charge in [-0.05, 0) is 5.92 Å². The van der Waals surface area contributed by atoms with Crippen molar-refractivity contribution in [3.05, 3.63) is 0 Å². The molecule has 7 heteroatoms. The molecule has 0 amide bonds. The van der Waals surface area contributed by atoms with E-state index < -0.39 is 16.0 Å². The van der Waals surface area contributed by atoms with Gasteiger partial charge in [0.05, 0.1) is 19.3 Å². The summed E-state index contributed by atoms with van der Waals surface area (Å²) in [6.45, 7) is 4.00. The quantitative estimate of drug-likeness (QED) is 0.592. The molecule has 0 heterocycles. The summed E-state index contributed by atoms with van der Waals surface area (Å²) in [5.41, 5.74) is 5.69. The van der Waals surface area contributed by atoms with Crippen LogP contribution in [0.25, 0.3) is 0 Å². The Morgan fingerprint density at radius 1 is 1.44 bits per heavy atom. The van der Waals surface area contributed by atoms with Crippen molar-refractivity contribution in [3.8, 4) is 0 Å². The zero-order chi connectivity index (χ0) is 12.8. The molecule has 0 radical (unpaired) electrons. The van der Waals surface area contributed by atoms with Crippen molar-refractivity contribution in [2.75, 3.05) is 19.4 Å². The van der Waals surface area contributed by atoms with E-state index >= 15 is 0 Å². The fourth-order valence-electron chi connectivity index (χ4n) is 0.851. The molecule has 0 rings (SSSR count). The molecule has 0 saturated carbocycles. The third-order valence-corrected chi connectivity index (χ3v) is 3.55. The average Bonchev–Trinajstić information content (AvgIpc) is 2.22. The van der Waals surface area contributed by atoms with Crippen LogP contribution in [-0.2, 0) is 19.6 Å². The van der Waals surface area contributed by atoms with E-state index in [4.69, 9.17) is 5.73 Å². The van der Waals surface area contributed by atoms with E-state index in [-0.39, 0.29) is 30.7 Å². The van der Waals surface area contributed by atoms with Gasteiger partial charge >= 0.3 is 5.97 Å². The summed E-state index contributed by atoms with van der Waals surface area (Å²) in [7, 11) is -2.23. The van der Waals surface area contributed by atoms with Gasteiger partial charge in [0.15, 0.2) is 0 Å². The van der Waals surface area contributed by atoms with Gasteiger partial charge in [0.1, 0.15) is 0 Å². The highest BCUT2D eigenvalue weighted by Gasteiger charge is 2.15. The number of nitrogens with one attached hydrogen (secondary N) is 1. The summed E-state index contributed by atoms with van der Waals surface area (Å²) >= 11 is 0. The Morgan fingerprint density at radius 2 is 2.00 bits per heavy atom. The summed E-state index contributed by atoms with van der Waals surface area (Å²) in [6, 6.07) is -0.229. The molecule has 0 aromatic rings. The fourth-order valence-corrected chi connectivity index (χ4v) is 1.88. The number of hydrogen-bond donors (Lipinski definition) is 2. The number of nitrogens with two attached hydrogens (primary N) is 1. The molecule has 1 unspecified atom stereocenters. The van der Waals surface area contributed by atoms with Gasteiger partial charge in [0.25, 0.3) is 0 Å². The third-order valence-electron chi connectivity index (χ3n) is 2.20. The molecule has 0 spiro atoms. The standard InChI is InChI=1S/C9H20N2O4S/c1-7(2)8(10)6-11-16(13,14)5-4-9(12)15-3/h7-8,11H,4-6,10H2,1-3H3. The summed E-state index contributed by atoms with van der Waals surface area (Å²) in [5.74, 6) is -0.619. The van der Waals surface area contributed by atoms with Gasteiger partial charge in [-0.15, -0.1) is 0 Å². The second kappa shape index (κ2) is 6.82. The van der Waals surface area contributed by atoms with E-state index in [1.54, 1.807) is 0 Å². The molecular weight excluding hydrogens is 232 g/mol. The smallest absolute Gasteiger partial charge is 0.306 e. The Hall–Kier alpha value is -0.660. The van der Waals surface area contributed by atoms with Crippen molar-refractivity contribution >= 4 is 16.0 Å². The minimum absolute atomic E-state index is 0.150. The minimum Gasteiger partial charge on any atom is -0.469 e. The summed E-state index contributed by atoms with van der Waals surface area (Å²) < 4.78 is 29.5. The number of esters is 1. The van der Waals surface area contributed by atoms with Crippen LogP contribution < -0.4 is 10.5 Å². The number of sulfonamides is 1. The number of ether oxygens (including phenoxy) is 1. The van der Waals surface area contributed by atoms with Crippen LogP contribution in [0.3, 0.4) is 0 Å². The molecule has 16 heavy (non-hydrogen) atoms. The van der Waals surface area contributed by atoms with Gasteiger partial charge in [0, 0.05) is 12.6 Å². The van der Waals surface area contributed by atoms with Crippen LogP contribution in [0.2, 0.25) is 0 Å². The molecule has 0 aliphatic carbocycles. The van der Waals surface area contributed by atoms with Crippen LogP contribution in [-0.4, -0.2) is 39.8 Å². The summed E-state index contributed by atoms with van der Waals surface area (Å²) in [5, 5.41) is 0. The van der Waals surface area contributed by atoms with Crippen LogP contribution in [0.4, 0.5) is 0 Å². The molecule has 0 aromatic carbocycles. The summed E-state index contributed by atoms with van der Waals surface area (Å²) in [4.78, 5) is 10.8. The number of rotatable bonds is 7. The first-order valence-corrected chi connectivity index (χ1v) is 6.73.